The van der Waals surface area contributed by atoms with Crippen molar-refractivity contribution < 1.29 is 0 Å². The van der Waals surface area contributed by atoms with Gasteiger partial charge in [0.05, 0.1) is 0 Å². The van der Waals surface area contributed by atoms with Crippen LogP contribution in [0.5, 0.6) is 0 Å². The van der Waals surface area contributed by atoms with E-state index in [9.17, 15) is 0 Å². The molecule has 1 aromatic carbocycles. The molecule has 3 heteroatoms. The highest BCUT2D eigenvalue weighted by Crippen LogP contribution is 2.02. The van der Waals surface area contributed by atoms with Gasteiger partial charge < -0.3 is 11.1 Å². The van der Waals surface area contributed by atoms with Crippen LogP contribution in [0.3, 0.4) is 0 Å². The van der Waals surface area contributed by atoms with Crippen LogP contribution in [0, 0.1) is 11.8 Å². The fraction of sp³-hybridized carbons (Fsp3) is 0.273. The van der Waals surface area contributed by atoms with Crippen molar-refractivity contribution in [3.63, 3.8) is 0 Å². The fourth-order valence-corrected chi connectivity index (χ4v) is 1.19. The zero-order valence-electron chi connectivity index (χ0n) is 8.16. The number of hydrogen-bond donors (Lipinski definition) is 3. The Morgan fingerprint density at radius 3 is 2.71 bits per heavy atom. The molecule has 1 radical (unpaired) electrons. The average molecular weight is 190 g/mol. The molecule has 1 rings (SSSR count). The van der Waals surface area contributed by atoms with Crippen LogP contribution in [-0.4, -0.2) is 12.5 Å². The van der Waals surface area contributed by atoms with Crippen molar-refractivity contribution in [1.29, 1.82) is 5.41 Å². The molecule has 0 amide bonds. The van der Waals surface area contributed by atoms with Crippen LogP contribution in [0.15, 0.2) is 30.3 Å². The van der Waals surface area contributed by atoms with Gasteiger partial charge in [-0.1, -0.05) is 30.3 Å². The van der Waals surface area contributed by atoms with Crippen LogP contribution >= 0.6 is 0 Å². The second kappa shape index (κ2) is 6.02. The zero-order valence-corrected chi connectivity index (χ0v) is 8.16. The topological polar surface area (TPSA) is 61.9 Å². The lowest BCUT2D eigenvalue weighted by Gasteiger charge is -2.03. The summed E-state index contributed by atoms with van der Waals surface area (Å²) in [4.78, 5) is 0. The van der Waals surface area contributed by atoms with Crippen molar-refractivity contribution in [1.82, 2.24) is 5.32 Å². The Balaban J connectivity index is 2.08. The fourth-order valence-electron chi connectivity index (χ4n) is 1.19. The number of hydrogen-bond acceptors (Lipinski definition) is 1. The number of benzene rings is 1. The number of rotatable bonds is 5. The summed E-state index contributed by atoms with van der Waals surface area (Å²) in [7, 11) is 0. The summed E-state index contributed by atoms with van der Waals surface area (Å²) >= 11 is 0. The van der Waals surface area contributed by atoms with Gasteiger partial charge in [0, 0.05) is 6.54 Å². The van der Waals surface area contributed by atoms with Crippen molar-refractivity contribution in [2.24, 2.45) is 5.73 Å². The van der Waals surface area contributed by atoms with Crippen LogP contribution < -0.4 is 11.1 Å². The lowest BCUT2D eigenvalue weighted by molar-refractivity contribution is 0.820. The van der Waals surface area contributed by atoms with Gasteiger partial charge in [0.2, 0.25) is 0 Å². The first-order valence-corrected chi connectivity index (χ1v) is 4.72. The molecule has 75 valence electrons. The molecule has 0 aromatic heterocycles. The summed E-state index contributed by atoms with van der Waals surface area (Å²) in [6.07, 6.45) is 4.08. The SMILES string of the molecule is N=C(N)NCC[CH]Cc1ccccc1. The van der Waals surface area contributed by atoms with E-state index in [1.54, 1.807) is 0 Å². The molecule has 0 bridgehead atoms. The van der Waals surface area contributed by atoms with Crippen molar-refractivity contribution >= 4 is 5.96 Å². The van der Waals surface area contributed by atoms with Crippen LogP contribution in [0.4, 0.5) is 0 Å². The van der Waals surface area contributed by atoms with E-state index in [-0.39, 0.29) is 5.96 Å². The first kappa shape index (κ1) is 10.6. The maximum atomic E-state index is 6.95. The summed E-state index contributed by atoms with van der Waals surface area (Å²) < 4.78 is 0. The van der Waals surface area contributed by atoms with E-state index in [1.807, 2.05) is 18.2 Å². The van der Waals surface area contributed by atoms with Gasteiger partial charge in [0.1, 0.15) is 0 Å². The normalized spacial score (nSPS) is 9.71. The number of unbranched alkanes of at least 4 members (excludes halogenated alkanes) is 1. The Labute approximate surface area is 84.8 Å². The smallest absolute Gasteiger partial charge is 0.185 e. The molecular weight excluding hydrogens is 174 g/mol. The van der Waals surface area contributed by atoms with Gasteiger partial charge in [-0.05, 0) is 24.8 Å². The van der Waals surface area contributed by atoms with E-state index >= 15 is 0 Å². The molecule has 0 heterocycles. The molecular formula is C11H16N3. The molecule has 0 aliphatic carbocycles. The van der Waals surface area contributed by atoms with Gasteiger partial charge in [0.25, 0.3) is 0 Å². The Kier molecular flexibility index (Phi) is 4.55. The van der Waals surface area contributed by atoms with E-state index in [0.717, 1.165) is 19.4 Å². The molecule has 4 N–H and O–H groups in total. The molecule has 0 unspecified atom stereocenters. The van der Waals surface area contributed by atoms with E-state index in [0.29, 0.717) is 0 Å². The lowest BCUT2D eigenvalue weighted by atomic mass is 10.1. The highest BCUT2D eigenvalue weighted by Gasteiger charge is 1.92. The first-order chi connectivity index (χ1) is 6.79. The van der Waals surface area contributed by atoms with E-state index in [4.69, 9.17) is 11.1 Å². The molecule has 1 aromatic rings. The summed E-state index contributed by atoms with van der Waals surface area (Å²) in [5.74, 6) is 0.0399. The van der Waals surface area contributed by atoms with Crippen molar-refractivity contribution in [3.8, 4) is 0 Å². The molecule has 3 nitrogen and oxygen atoms in total. The third kappa shape index (κ3) is 4.50. The van der Waals surface area contributed by atoms with Gasteiger partial charge in [-0.15, -0.1) is 0 Å². The quantitative estimate of drug-likeness (QED) is 0.372. The predicted molar refractivity (Wildman–Crippen MR) is 59.0 cm³/mol. The molecule has 0 saturated heterocycles. The molecule has 0 spiro atoms. The summed E-state index contributed by atoms with van der Waals surface area (Å²) in [5.41, 5.74) is 6.46. The first-order valence-electron chi connectivity index (χ1n) is 4.72. The van der Waals surface area contributed by atoms with E-state index in [2.05, 4.69) is 23.9 Å². The van der Waals surface area contributed by atoms with Crippen LogP contribution in [0.2, 0.25) is 0 Å². The van der Waals surface area contributed by atoms with Gasteiger partial charge in [0.15, 0.2) is 5.96 Å². The largest absolute Gasteiger partial charge is 0.370 e. The summed E-state index contributed by atoms with van der Waals surface area (Å²) in [5, 5.41) is 9.71. The zero-order chi connectivity index (χ0) is 10.2. The monoisotopic (exact) mass is 190 g/mol. The number of nitrogens with two attached hydrogens (primary N) is 1. The van der Waals surface area contributed by atoms with Crippen molar-refractivity contribution in [3.05, 3.63) is 42.3 Å². The van der Waals surface area contributed by atoms with Gasteiger partial charge in [-0.2, -0.15) is 0 Å². The molecule has 0 aliphatic heterocycles. The second-order valence-electron chi connectivity index (χ2n) is 3.11. The highest BCUT2D eigenvalue weighted by atomic mass is 15.0. The van der Waals surface area contributed by atoms with E-state index < -0.39 is 0 Å². The molecule has 14 heavy (non-hydrogen) atoms. The van der Waals surface area contributed by atoms with Crippen molar-refractivity contribution in [2.45, 2.75) is 12.8 Å². The standard InChI is InChI=1S/C11H16N3/c12-11(13)14-9-5-4-8-10-6-2-1-3-7-10/h1-4,6-7H,5,8-9H2,(H4,12,13,14). The third-order valence-electron chi connectivity index (χ3n) is 1.89. The molecule has 0 saturated carbocycles. The van der Waals surface area contributed by atoms with Gasteiger partial charge in [-0.3, -0.25) is 5.41 Å². The Morgan fingerprint density at radius 2 is 2.07 bits per heavy atom. The maximum absolute atomic E-state index is 6.95. The minimum absolute atomic E-state index is 0.0399. The second-order valence-corrected chi connectivity index (χ2v) is 3.11. The van der Waals surface area contributed by atoms with Gasteiger partial charge >= 0.3 is 0 Å². The Bertz CT molecular complexity index is 269. The van der Waals surface area contributed by atoms with Gasteiger partial charge in [-0.25, -0.2) is 0 Å². The summed E-state index contributed by atoms with van der Waals surface area (Å²) in [6.45, 7) is 0.738. The summed E-state index contributed by atoms with van der Waals surface area (Å²) in [6, 6.07) is 10.3. The molecule has 0 fully saturated rings. The predicted octanol–water partition coefficient (Wildman–Crippen LogP) is 1.31. The molecule has 0 atom stereocenters. The van der Waals surface area contributed by atoms with Crippen molar-refractivity contribution in [2.75, 3.05) is 6.54 Å². The van der Waals surface area contributed by atoms with Crippen LogP contribution in [-0.2, 0) is 6.42 Å². The molecule has 0 aliphatic rings. The number of nitrogens with one attached hydrogen (secondary N) is 2. The highest BCUT2D eigenvalue weighted by molar-refractivity contribution is 5.74. The van der Waals surface area contributed by atoms with Crippen LogP contribution in [0.1, 0.15) is 12.0 Å². The minimum atomic E-state index is 0.0399. The Morgan fingerprint density at radius 1 is 1.36 bits per heavy atom. The van der Waals surface area contributed by atoms with E-state index in [1.165, 1.54) is 5.56 Å². The maximum Gasteiger partial charge on any atom is 0.185 e. The third-order valence-corrected chi connectivity index (χ3v) is 1.89. The number of guanidine groups is 1. The van der Waals surface area contributed by atoms with Crippen LogP contribution in [0.25, 0.3) is 0 Å². The minimum Gasteiger partial charge on any atom is -0.370 e. The lowest BCUT2D eigenvalue weighted by Crippen LogP contribution is -2.30. The Hall–Kier alpha value is -1.51. The average Bonchev–Trinajstić information content (AvgIpc) is 2.18.